The summed E-state index contributed by atoms with van der Waals surface area (Å²) in [5, 5.41) is 0. The van der Waals surface area contributed by atoms with Crippen LogP contribution in [0.4, 0.5) is 0 Å². The lowest BCUT2D eigenvalue weighted by Crippen LogP contribution is -2.32. The second-order valence-electron chi connectivity index (χ2n) is 14.5. The predicted molar refractivity (Wildman–Crippen MR) is 231 cm³/mol. The fraction of sp³-hybridized carbons (Fsp3) is 0.0189. The molecule has 11 rings (SSSR count). The molecule has 0 N–H and O–H groups in total. The summed E-state index contributed by atoms with van der Waals surface area (Å²) in [5.41, 5.74) is 17.3. The third-order valence-corrected chi connectivity index (χ3v) is 12.6. The molecule has 8 aromatic carbocycles. The van der Waals surface area contributed by atoms with Crippen molar-refractivity contribution in [2.45, 2.75) is 15.2 Å². The Labute approximate surface area is 331 Å². The molecule has 0 saturated carbocycles. The molecule has 0 bridgehead atoms. The van der Waals surface area contributed by atoms with Gasteiger partial charge in [-0.15, -0.1) is 0 Å². The molecule has 2 nitrogen and oxygen atoms in total. The molecule has 9 aromatic rings. The van der Waals surface area contributed by atoms with Crippen LogP contribution in [-0.4, -0.2) is 9.97 Å². The normalized spacial score (nSPS) is 13.1. The van der Waals surface area contributed by atoms with Crippen LogP contribution in [0.2, 0.25) is 0 Å². The van der Waals surface area contributed by atoms with E-state index >= 15 is 0 Å². The molecule has 2 heterocycles. The molecule has 1 aromatic heterocycles. The van der Waals surface area contributed by atoms with Gasteiger partial charge in [0, 0.05) is 26.5 Å². The van der Waals surface area contributed by atoms with E-state index in [-0.39, 0.29) is 0 Å². The average Bonchev–Trinajstić information content (AvgIpc) is 3.57. The van der Waals surface area contributed by atoms with Crippen LogP contribution < -0.4 is 0 Å². The maximum atomic E-state index is 5.15. The first-order chi connectivity index (χ1) is 27.8. The van der Waals surface area contributed by atoms with Gasteiger partial charge in [-0.1, -0.05) is 200 Å². The summed E-state index contributed by atoms with van der Waals surface area (Å²) in [6, 6.07) is 74.3. The van der Waals surface area contributed by atoms with E-state index in [4.69, 9.17) is 9.97 Å². The Kier molecular flexibility index (Phi) is 7.68. The van der Waals surface area contributed by atoms with Crippen molar-refractivity contribution in [2.75, 3.05) is 0 Å². The maximum absolute atomic E-state index is 5.15. The lowest BCUT2D eigenvalue weighted by atomic mass is 9.67. The monoisotopic (exact) mass is 730 g/mol. The van der Waals surface area contributed by atoms with Crippen molar-refractivity contribution in [3.05, 3.63) is 229 Å². The number of rotatable bonds is 5. The first-order valence-electron chi connectivity index (χ1n) is 19.1. The Morgan fingerprint density at radius 1 is 0.321 bits per heavy atom. The van der Waals surface area contributed by atoms with Gasteiger partial charge in [0.2, 0.25) is 0 Å². The zero-order chi connectivity index (χ0) is 37.1. The zero-order valence-electron chi connectivity index (χ0n) is 30.4. The second-order valence-corrected chi connectivity index (χ2v) is 15.5. The maximum Gasteiger partial charge on any atom is 0.160 e. The molecule has 0 saturated heterocycles. The second kappa shape index (κ2) is 13.2. The summed E-state index contributed by atoms with van der Waals surface area (Å²) in [7, 11) is 0. The van der Waals surface area contributed by atoms with Gasteiger partial charge < -0.3 is 0 Å². The van der Waals surface area contributed by atoms with Crippen molar-refractivity contribution >= 4 is 11.8 Å². The summed E-state index contributed by atoms with van der Waals surface area (Å²) in [6.07, 6.45) is 0. The van der Waals surface area contributed by atoms with Crippen molar-refractivity contribution in [1.29, 1.82) is 0 Å². The smallest absolute Gasteiger partial charge is 0.160 e. The molecule has 3 heteroatoms. The van der Waals surface area contributed by atoms with E-state index in [1.54, 1.807) is 0 Å². The van der Waals surface area contributed by atoms with Gasteiger partial charge in [0.25, 0.3) is 0 Å². The number of benzene rings is 8. The molecule has 2 aliphatic rings. The van der Waals surface area contributed by atoms with E-state index in [0.717, 1.165) is 33.6 Å². The summed E-state index contributed by atoms with van der Waals surface area (Å²) < 4.78 is 0. The van der Waals surface area contributed by atoms with E-state index in [0.29, 0.717) is 5.82 Å². The molecule has 1 spiro atoms. The van der Waals surface area contributed by atoms with E-state index < -0.39 is 5.41 Å². The zero-order valence-corrected chi connectivity index (χ0v) is 31.2. The summed E-state index contributed by atoms with van der Waals surface area (Å²) in [6.45, 7) is 0. The minimum absolute atomic E-state index is 0.399. The van der Waals surface area contributed by atoms with E-state index in [2.05, 4.69) is 188 Å². The Balaban J connectivity index is 1.04. The van der Waals surface area contributed by atoms with Gasteiger partial charge in [0.15, 0.2) is 5.82 Å². The van der Waals surface area contributed by atoms with E-state index in [1.807, 2.05) is 30.0 Å². The van der Waals surface area contributed by atoms with Crippen LogP contribution in [-0.2, 0) is 5.41 Å². The molecular formula is C53H34N2S. The van der Waals surface area contributed by atoms with Crippen molar-refractivity contribution in [1.82, 2.24) is 9.97 Å². The first kappa shape index (κ1) is 32.6. The van der Waals surface area contributed by atoms with Gasteiger partial charge in [-0.3, -0.25) is 0 Å². The average molecular weight is 731 g/mol. The third-order valence-electron chi connectivity index (χ3n) is 11.4. The van der Waals surface area contributed by atoms with Gasteiger partial charge in [0.1, 0.15) is 0 Å². The van der Waals surface area contributed by atoms with Gasteiger partial charge in [0.05, 0.1) is 16.8 Å². The van der Waals surface area contributed by atoms with Crippen LogP contribution in [0.15, 0.2) is 216 Å². The van der Waals surface area contributed by atoms with Crippen LogP contribution in [0.1, 0.15) is 22.3 Å². The third kappa shape index (κ3) is 5.12. The Morgan fingerprint density at radius 2 is 0.821 bits per heavy atom. The predicted octanol–water partition coefficient (Wildman–Crippen LogP) is 13.6. The van der Waals surface area contributed by atoms with Crippen molar-refractivity contribution in [3.8, 4) is 67.3 Å². The lowest BCUT2D eigenvalue weighted by Gasteiger charge is -2.40. The van der Waals surface area contributed by atoms with Gasteiger partial charge in [-0.05, 0) is 73.8 Å². The molecule has 0 fully saturated rings. The Bertz CT molecular complexity index is 2890. The van der Waals surface area contributed by atoms with Crippen LogP contribution in [0, 0.1) is 0 Å². The first-order valence-corrected chi connectivity index (χ1v) is 19.9. The quantitative estimate of drug-likeness (QED) is 0.176. The molecule has 0 unspecified atom stereocenters. The van der Waals surface area contributed by atoms with Gasteiger partial charge in [-0.25, -0.2) is 9.97 Å². The largest absolute Gasteiger partial charge is 0.228 e. The van der Waals surface area contributed by atoms with Gasteiger partial charge >= 0.3 is 0 Å². The molecular weight excluding hydrogens is 697 g/mol. The molecule has 1 aliphatic heterocycles. The van der Waals surface area contributed by atoms with E-state index in [1.165, 1.54) is 59.9 Å². The number of hydrogen-bond donors (Lipinski definition) is 0. The fourth-order valence-electron chi connectivity index (χ4n) is 8.87. The van der Waals surface area contributed by atoms with Crippen LogP contribution in [0.5, 0.6) is 0 Å². The van der Waals surface area contributed by atoms with Crippen molar-refractivity contribution in [2.24, 2.45) is 0 Å². The molecule has 0 radical (unpaired) electrons. The number of fused-ring (bicyclic) bond motifs is 9. The van der Waals surface area contributed by atoms with Crippen LogP contribution >= 0.6 is 11.8 Å². The number of nitrogens with zero attached hydrogens (tertiary/aromatic N) is 2. The minimum atomic E-state index is -0.399. The summed E-state index contributed by atoms with van der Waals surface area (Å²) in [4.78, 5) is 12.9. The molecule has 56 heavy (non-hydrogen) atoms. The Morgan fingerprint density at radius 3 is 1.54 bits per heavy atom. The van der Waals surface area contributed by atoms with Crippen molar-refractivity contribution in [3.63, 3.8) is 0 Å². The fourth-order valence-corrected chi connectivity index (χ4v) is 10.2. The topological polar surface area (TPSA) is 25.8 Å². The number of aromatic nitrogens is 2. The van der Waals surface area contributed by atoms with E-state index in [9.17, 15) is 0 Å². The highest BCUT2D eigenvalue weighted by molar-refractivity contribution is 7.99. The van der Waals surface area contributed by atoms with Crippen LogP contribution in [0.3, 0.4) is 0 Å². The molecule has 0 amide bonds. The Hall–Kier alpha value is -6.81. The summed E-state index contributed by atoms with van der Waals surface area (Å²) in [5.74, 6) is 0.710. The highest BCUT2D eigenvalue weighted by atomic mass is 32.2. The molecule has 262 valence electrons. The highest BCUT2D eigenvalue weighted by Crippen LogP contribution is 2.63. The van der Waals surface area contributed by atoms with Gasteiger partial charge in [-0.2, -0.15) is 0 Å². The lowest BCUT2D eigenvalue weighted by molar-refractivity contribution is 0.723. The number of hydrogen-bond acceptors (Lipinski definition) is 3. The summed E-state index contributed by atoms with van der Waals surface area (Å²) >= 11 is 1.89. The SMILES string of the molecule is c1ccc(-c2cccc(-c3cc(-c4ccc(-c5cccc6c5Sc5ccccc5C65c6ccccc6-c6ccccc65)cc4)nc(-c4ccccc4)n3)c2)cc1. The van der Waals surface area contributed by atoms with Crippen LogP contribution in [0.25, 0.3) is 67.3 Å². The van der Waals surface area contributed by atoms with Crippen molar-refractivity contribution < 1.29 is 0 Å². The minimum Gasteiger partial charge on any atom is -0.228 e. The molecule has 0 atom stereocenters. The molecule has 1 aliphatic carbocycles. The standard InChI is InChI=1S/C53H34N2S/c1-3-15-35(16-4-1)39-19-13-20-40(33-39)49-34-48(54-52(55-49)38-17-5-2-6-18-38)37-31-29-36(30-32-37)41-23-14-27-47-51(41)56-50-28-12-11-26-46(50)53(47)44-24-9-7-21-42(44)43-22-8-10-25-45(43)53/h1-34H. The highest BCUT2D eigenvalue weighted by Gasteiger charge is 2.50.